The average molecular weight is 514 g/mol. The zero-order chi connectivity index (χ0) is 27.1. The van der Waals surface area contributed by atoms with Crippen LogP contribution < -0.4 is 14.4 Å². The van der Waals surface area contributed by atoms with Gasteiger partial charge in [-0.1, -0.05) is 44.2 Å². The number of aliphatic hydroxyl groups is 1. The van der Waals surface area contributed by atoms with Crippen LogP contribution in [0.1, 0.15) is 47.5 Å². The molecule has 0 fully saturated rings. The normalized spacial score (nSPS) is 15.6. The maximum atomic E-state index is 13.9. The molecule has 194 valence electrons. The Morgan fingerprint density at radius 3 is 2.29 bits per heavy atom. The smallest absolute Gasteiger partial charge is 0.294 e. The molecule has 1 aliphatic rings. The van der Waals surface area contributed by atoms with E-state index in [0.29, 0.717) is 28.0 Å². The molecule has 4 aromatic rings. The first kappa shape index (κ1) is 25.0. The van der Waals surface area contributed by atoms with Crippen LogP contribution in [0.5, 0.6) is 17.2 Å². The van der Waals surface area contributed by atoms with Crippen molar-refractivity contribution in [1.29, 1.82) is 0 Å². The number of phenolic OH excluding ortho intramolecular Hbond substituents is 1. The Morgan fingerprint density at radius 1 is 0.947 bits per heavy atom. The molecule has 1 aromatic heterocycles. The molecule has 0 saturated heterocycles. The maximum Gasteiger partial charge on any atom is 0.294 e. The molecule has 0 spiro atoms. The van der Waals surface area contributed by atoms with E-state index in [-0.39, 0.29) is 28.8 Å². The van der Waals surface area contributed by atoms with E-state index in [1.165, 1.54) is 25.2 Å². The SMILES string of the molecule is COc1ccc(C2C(C(=O)c3cc4cccc(OC)c4o3)=C(O)C(=O)N2c2ccc(C(C)C)cc2)cc1O. The number of benzene rings is 3. The van der Waals surface area contributed by atoms with Crippen LogP contribution in [0.25, 0.3) is 11.0 Å². The van der Waals surface area contributed by atoms with Gasteiger partial charge in [0.25, 0.3) is 5.91 Å². The Hall–Kier alpha value is -4.72. The molecule has 38 heavy (non-hydrogen) atoms. The minimum Gasteiger partial charge on any atom is -0.504 e. The van der Waals surface area contributed by atoms with Crippen LogP contribution in [0.15, 0.2) is 82.5 Å². The Labute approximate surface area is 219 Å². The standard InChI is InChI=1S/C30H27NO7/c1-16(2)17-8-11-20(12-9-17)31-26(18-10-13-22(36-3)21(32)14-18)25(28(34)30(31)35)27(33)24-15-19-6-5-7-23(37-4)29(19)38-24/h5-16,26,32,34H,1-4H3. The second-order valence-electron chi connectivity index (χ2n) is 9.34. The fourth-order valence-corrected chi connectivity index (χ4v) is 4.76. The highest BCUT2D eigenvalue weighted by Gasteiger charge is 2.45. The predicted molar refractivity (Wildman–Crippen MR) is 142 cm³/mol. The van der Waals surface area contributed by atoms with Gasteiger partial charge in [-0.05, 0) is 53.4 Å². The monoisotopic (exact) mass is 513 g/mol. The number of anilines is 1. The summed E-state index contributed by atoms with van der Waals surface area (Å²) in [5.74, 6) is -1.34. The zero-order valence-electron chi connectivity index (χ0n) is 21.4. The van der Waals surface area contributed by atoms with Gasteiger partial charge in [0.15, 0.2) is 34.4 Å². The Morgan fingerprint density at radius 2 is 1.66 bits per heavy atom. The van der Waals surface area contributed by atoms with Crippen molar-refractivity contribution in [2.24, 2.45) is 0 Å². The minimum absolute atomic E-state index is 0.0569. The molecule has 1 aliphatic heterocycles. The summed E-state index contributed by atoms with van der Waals surface area (Å²) in [7, 11) is 2.92. The predicted octanol–water partition coefficient (Wildman–Crippen LogP) is 6.06. The number of fused-ring (bicyclic) bond motifs is 1. The number of hydrogen-bond donors (Lipinski definition) is 2. The average Bonchev–Trinajstić information content (AvgIpc) is 3.47. The number of nitrogens with zero attached hydrogens (tertiary/aromatic N) is 1. The highest BCUT2D eigenvalue weighted by molar-refractivity contribution is 6.20. The molecule has 0 radical (unpaired) electrons. The van der Waals surface area contributed by atoms with Crippen molar-refractivity contribution in [3.63, 3.8) is 0 Å². The molecule has 1 atom stereocenters. The second-order valence-corrected chi connectivity index (χ2v) is 9.34. The van der Waals surface area contributed by atoms with E-state index in [2.05, 4.69) is 13.8 Å². The first-order valence-electron chi connectivity index (χ1n) is 12.1. The summed E-state index contributed by atoms with van der Waals surface area (Å²) in [6.45, 7) is 4.12. The summed E-state index contributed by atoms with van der Waals surface area (Å²) in [5, 5.41) is 22.2. The highest BCUT2D eigenvalue weighted by atomic mass is 16.5. The number of para-hydroxylation sites is 1. The van der Waals surface area contributed by atoms with Gasteiger partial charge in [-0.25, -0.2) is 0 Å². The van der Waals surface area contributed by atoms with Gasteiger partial charge in [-0.3, -0.25) is 14.5 Å². The molecule has 8 nitrogen and oxygen atoms in total. The largest absolute Gasteiger partial charge is 0.504 e. The van der Waals surface area contributed by atoms with Crippen molar-refractivity contribution in [3.05, 3.63) is 94.9 Å². The number of hydrogen-bond acceptors (Lipinski definition) is 7. The molecule has 1 amide bonds. The van der Waals surface area contributed by atoms with Crippen molar-refractivity contribution in [2.45, 2.75) is 25.8 Å². The van der Waals surface area contributed by atoms with Crippen LogP contribution in [0.4, 0.5) is 5.69 Å². The van der Waals surface area contributed by atoms with Crippen molar-refractivity contribution in [2.75, 3.05) is 19.1 Å². The number of aliphatic hydroxyl groups excluding tert-OH is 1. The Kier molecular flexibility index (Phi) is 6.32. The van der Waals surface area contributed by atoms with Crippen molar-refractivity contribution >= 4 is 28.3 Å². The molecule has 0 saturated carbocycles. The van der Waals surface area contributed by atoms with E-state index in [1.807, 2.05) is 12.1 Å². The maximum absolute atomic E-state index is 13.9. The number of ether oxygens (including phenoxy) is 2. The fourth-order valence-electron chi connectivity index (χ4n) is 4.76. The van der Waals surface area contributed by atoms with E-state index >= 15 is 0 Å². The zero-order valence-corrected chi connectivity index (χ0v) is 21.4. The van der Waals surface area contributed by atoms with E-state index in [1.54, 1.807) is 48.5 Å². The van der Waals surface area contributed by atoms with Gasteiger partial charge in [-0.15, -0.1) is 0 Å². The number of rotatable bonds is 7. The number of phenols is 1. The Balaban J connectivity index is 1.66. The first-order valence-corrected chi connectivity index (χ1v) is 12.1. The summed E-state index contributed by atoms with van der Waals surface area (Å²) >= 11 is 0. The lowest BCUT2D eigenvalue weighted by Crippen LogP contribution is -2.31. The van der Waals surface area contributed by atoms with Gasteiger partial charge in [0, 0.05) is 11.1 Å². The molecule has 0 aliphatic carbocycles. The van der Waals surface area contributed by atoms with Gasteiger partial charge in [0.1, 0.15) is 0 Å². The van der Waals surface area contributed by atoms with Crippen LogP contribution in [0.3, 0.4) is 0 Å². The summed E-state index contributed by atoms with van der Waals surface area (Å²) in [5.41, 5.74) is 2.18. The number of aromatic hydroxyl groups is 1. The third-order valence-corrected chi connectivity index (χ3v) is 6.76. The number of furan rings is 1. The topological polar surface area (TPSA) is 109 Å². The third-order valence-electron chi connectivity index (χ3n) is 6.76. The highest BCUT2D eigenvalue weighted by Crippen LogP contribution is 2.44. The van der Waals surface area contributed by atoms with E-state index in [9.17, 15) is 19.8 Å². The summed E-state index contributed by atoms with van der Waals surface area (Å²) < 4.78 is 16.4. The third kappa shape index (κ3) is 4.04. The fraction of sp³-hybridized carbons (Fsp3) is 0.200. The lowest BCUT2D eigenvalue weighted by atomic mass is 9.94. The second kappa shape index (κ2) is 9.63. The summed E-state index contributed by atoms with van der Waals surface area (Å²) in [6.07, 6.45) is 0. The van der Waals surface area contributed by atoms with Gasteiger partial charge in [0.05, 0.1) is 25.8 Å². The quantitative estimate of drug-likeness (QED) is 0.289. The van der Waals surface area contributed by atoms with E-state index in [0.717, 1.165) is 5.56 Å². The summed E-state index contributed by atoms with van der Waals surface area (Å²) in [6, 6.07) is 17.7. The summed E-state index contributed by atoms with van der Waals surface area (Å²) in [4.78, 5) is 28.7. The number of Topliss-reactive ketones (excluding diaryl/α,β-unsaturated/α-hetero) is 1. The number of methoxy groups -OCH3 is 2. The van der Waals surface area contributed by atoms with Crippen molar-refractivity contribution < 1.29 is 33.7 Å². The van der Waals surface area contributed by atoms with Crippen LogP contribution in [0.2, 0.25) is 0 Å². The molecular weight excluding hydrogens is 486 g/mol. The molecule has 0 bridgehead atoms. The lowest BCUT2D eigenvalue weighted by Gasteiger charge is -2.27. The van der Waals surface area contributed by atoms with Crippen LogP contribution in [0, 0.1) is 0 Å². The van der Waals surface area contributed by atoms with Crippen LogP contribution in [-0.4, -0.2) is 36.1 Å². The molecule has 2 heterocycles. The lowest BCUT2D eigenvalue weighted by molar-refractivity contribution is -0.117. The van der Waals surface area contributed by atoms with E-state index < -0.39 is 23.5 Å². The van der Waals surface area contributed by atoms with Crippen LogP contribution in [-0.2, 0) is 4.79 Å². The molecular formula is C30H27NO7. The van der Waals surface area contributed by atoms with Crippen LogP contribution >= 0.6 is 0 Å². The van der Waals surface area contributed by atoms with E-state index in [4.69, 9.17) is 13.9 Å². The number of ketones is 1. The van der Waals surface area contributed by atoms with Gasteiger partial charge >= 0.3 is 0 Å². The Bertz CT molecular complexity index is 1580. The van der Waals surface area contributed by atoms with Gasteiger partial charge in [0.2, 0.25) is 5.78 Å². The number of amides is 1. The van der Waals surface area contributed by atoms with Gasteiger partial charge < -0.3 is 24.1 Å². The molecule has 8 heteroatoms. The van der Waals surface area contributed by atoms with Gasteiger partial charge in [-0.2, -0.15) is 0 Å². The molecule has 3 aromatic carbocycles. The first-order chi connectivity index (χ1) is 18.2. The molecule has 1 unspecified atom stereocenters. The van der Waals surface area contributed by atoms with Crippen molar-refractivity contribution in [3.8, 4) is 17.2 Å². The minimum atomic E-state index is -1.04. The number of carbonyl (C=O) groups excluding carboxylic acids is 2. The molecule has 2 N–H and O–H groups in total. The van der Waals surface area contributed by atoms with Crippen molar-refractivity contribution in [1.82, 2.24) is 0 Å². The number of carbonyl (C=O) groups is 2. The molecule has 5 rings (SSSR count).